The molecule has 1 heterocycles. The monoisotopic (exact) mass is 281 g/mol. The number of rotatable bonds is 7. The number of nitrogens with one attached hydrogen (secondary N) is 2. The Hall–Kier alpha value is -1.40. The molecule has 0 aromatic carbocycles. The minimum Gasteiger partial charge on any atom is -0.396 e. The largest absolute Gasteiger partial charge is 0.396 e. The highest BCUT2D eigenvalue weighted by molar-refractivity contribution is 5.57. The molecule has 0 aliphatic heterocycles. The summed E-state index contributed by atoms with van der Waals surface area (Å²) >= 11 is 0. The lowest BCUT2D eigenvalue weighted by molar-refractivity contribution is 0.235. The summed E-state index contributed by atoms with van der Waals surface area (Å²) in [6, 6.07) is 0.128. The van der Waals surface area contributed by atoms with Crippen LogP contribution in [0, 0.1) is 5.41 Å². The van der Waals surface area contributed by atoms with Crippen molar-refractivity contribution in [3.05, 3.63) is 11.9 Å². The SMILES string of the molecule is CCCc1c(NN)ncnc1NC(CCO)C(C)(C)C. The first kappa shape index (κ1) is 16.7. The van der Waals surface area contributed by atoms with Crippen LogP contribution in [-0.2, 0) is 6.42 Å². The molecular weight excluding hydrogens is 254 g/mol. The summed E-state index contributed by atoms with van der Waals surface area (Å²) in [6.45, 7) is 8.67. The van der Waals surface area contributed by atoms with Crippen LogP contribution in [0.4, 0.5) is 11.6 Å². The van der Waals surface area contributed by atoms with Crippen LogP contribution in [0.5, 0.6) is 0 Å². The second-order valence-electron chi connectivity index (χ2n) is 6.02. The highest BCUT2D eigenvalue weighted by atomic mass is 16.3. The van der Waals surface area contributed by atoms with Crippen molar-refractivity contribution in [3.63, 3.8) is 0 Å². The van der Waals surface area contributed by atoms with Gasteiger partial charge in [-0.1, -0.05) is 34.1 Å². The van der Waals surface area contributed by atoms with Crippen LogP contribution in [0.2, 0.25) is 0 Å². The topological polar surface area (TPSA) is 96.1 Å². The first-order chi connectivity index (χ1) is 9.43. The van der Waals surface area contributed by atoms with E-state index in [9.17, 15) is 5.11 Å². The van der Waals surface area contributed by atoms with Crippen LogP contribution in [0.25, 0.3) is 0 Å². The molecule has 20 heavy (non-hydrogen) atoms. The van der Waals surface area contributed by atoms with E-state index in [-0.39, 0.29) is 18.1 Å². The first-order valence-electron chi connectivity index (χ1n) is 7.11. The van der Waals surface area contributed by atoms with Gasteiger partial charge in [0.25, 0.3) is 0 Å². The van der Waals surface area contributed by atoms with E-state index in [0.29, 0.717) is 12.2 Å². The number of aromatic nitrogens is 2. The van der Waals surface area contributed by atoms with E-state index >= 15 is 0 Å². The number of nitrogens with zero attached hydrogens (tertiary/aromatic N) is 2. The lowest BCUT2D eigenvalue weighted by atomic mass is 9.85. The van der Waals surface area contributed by atoms with Crippen LogP contribution in [0.1, 0.15) is 46.1 Å². The average Bonchev–Trinajstić information content (AvgIpc) is 2.39. The van der Waals surface area contributed by atoms with Gasteiger partial charge in [0, 0.05) is 18.2 Å². The van der Waals surface area contributed by atoms with Gasteiger partial charge in [-0.2, -0.15) is 0 Å². The highest BCUT2D eigenvalue weighted by Gasteiger charge is 2.25. The molecule has 1 rings (SSSR count). The van der Waals surface area contributed by atoms with Crippen molar-refractivity contribution in [2.45, 2.75) is 53.0 Å². The molecular formula is C14H27N5O. The second kappa shape index (κ2) is 7.40. The third-order valence-corrected chi connectivity index (χ3v) is 3.36. The predicted molar refractivity (Wildman–Crippen MR) is 82.4 cm³/mol. The fraction of sp³-hybridized carbons (Fsp3) is 0.714. The molecule has 0 bridgehead atoms. The Morgan fingerprint density at radius 2 is 1.95 bits per heavy atom. The molecule has 6 nitrogen and oxygen atoms in total. The maximum atomic E-state index is 9.25. The van der Waals surface area contributed by atoms with Crippen LogP contribution in [0.15, 0.2) is 6.33 Å². The number of hydrogen-bond acceptors (Lipinski definition) is 6. The molecule has 0 spiro atoms. The summed E-state index contributed by atoms with van der Waals surface area (Å²) in [4.78, 5) is 8.50. The molecule has 0 fully saturated rings. The molecule has 0 saturated carbocycles. The highest BCUT2D eigenvalue weighted by Crippen LogP contribution is 2.28. The van der Waals surface area contributed by atoms with Crippen molar-refractivity contribution in [1.29, 1.82) is 0 Å². The molecule has 1 atom stereocenters. The van der Waals surface area contributed by atoms with Gasteiger partial charge in [0.2, 0.25) is 0 Å². The molecule has 0 radical (unpaired) electrons. The van der Waals surface area contributed by atoms with Crippen LogP contribution in [0.3, 0.4) is 0 Å². The van der Waals surface area contributed by atoms with Crippen LogP contribution in [-0.4, -0.2) is 27.7 Å². The van der Waals surface area contributed by atoms with Crippen molar-refractivity contribution in [1.82, 2.24) is 9.97 Å². The third-order valence-electron chi connectivity index (χ3n) is 3.36. The zero-order valence-electron chi connectivity index (χ0n) is 12.9. The van der Waals surface area contributed by atoms with Crippen LogP contribution >= 0.6 is 0 Å². The van der Waals surface area contributed by atoms with Gasteiger partial charge in [0.1, 0.15) is 18.0 Å². The van der Waals surface area contributed by atoms with Crippen molar-refractivity contribution in [2.24, 2.45) is 11.3 Å². The zero-order valence-corrected chi connectivity index (χ0v) is 12.9. The molecule has 114 valence electrons. The predicted octanol–water partition coefficient (Wildman–Crippen LogP) is 1.92. The van der Waals surface area contributed by atoms with Gasteiger partial charge in [0.05, 0.1) is 0 Å². The Morgan fingerprint density at radius 1 is 1.30 bits per heavy atom. The molecule has 5 N–H and O–H groups in total. The molecule has 1 unspecified atom stereocenters. The number of hydrogen-bond donors (Lipinski definition) is 4. The molecule has 0 aliphatic carbocycles. The van der Waals surface area contributed by atoms with E-state index in [4.69, 9.17) is 5.84 Å². The number of aliphatic hydroxyl groups is 1. The first-order valence-corrected chi connectivity index (χ1v) is 7.11. The molecule has 1 aromatic rings. The number of aliphatic hydroxyl groups excluding tert-OH is 1. The molecule has 1 aromatic heterocycles. The van der Waals surface area contributed by atoms with Gasteiger partial charge in [-0.05, 0) is 18.3 Å². The van der Waals surface area contributed by atoms with Crippen molar-refractivity contribution >= 4 is 11.6 Å². The number of nitrogens with two attached hydrogens (primary N) is 1. The maximum Gasteiger partial charge on any atom is 0.148 e. The fourth-order valence-electron chi connectivity index (χ4n) is 2.16. The summed E-state index contributed by atoms with van der Waals surface area (Å²) in [5.41, 5.74) is 3.64. The van der Waals surface area contributed by atoms with Gasteiger partial charge in [-0.25, -0.2) is 15.8 Å². The van der Waals surface area contributed by atoms with E-state index in [2.05, 4.69) is 48.4 Å². The Bertz CT molecular complexity index is 417. The maximum absolute atomic E-state index is 9.25. The van der Waals surface area contributed by atoms with E-state index in [1.807, 2.05) is 0 Å². The summed E-state index contributed by atoms with van der Waals surface area (Å²) in [6.07, 6.45) is 4.00. The van der Waals surface area contributed by atoms with Crippen LogP contribution < -0.4 is 16.6 Å². The summed E-state index contributed by atoms with van der Waals surface area (Å²) in [5, 5.41) is 12.7. The standard InChI is InChI=1S/C14H27N5O/c1-5-6-10-12(16-9-17-13(10)19-15)18-11(7-8-20)14(2,3)4/h9,11,20H,5-8,15H2,1-4H3,(H2,16,17,18,19). The number of nitrogen functional groups attached to an aromatic ring is 1. The zero-order chi connectivity index (χ0) is 15.2. The summed E-state index contributed by atoms with van der Waals surface area (Å²) in [5.74, 6) is 6.97. The lowest BCUT2D eigenvalue weighted by Crippen LogP contribution is -2.35. The fourth-order valence-corrected chi connectivity index (χ4v) is 2.16. The number of hydrazine groups is 1. The Labute approximate surface area is 121 Å². The third kappa shape index (κ3) is 4.31. The van der Waals surface area contributed by atoms with E-state index < -0.39 is 0 Å². The Balaban J connectivity index is 3.05. The van der Waals surface area contributed by atoms with E-state index in [1.54, 1.807) is 0 Å². The van der Waals surface area contributed by atoms with E-state index in [0.717, 1.165) is 24.2 Å². The summed E-state index contributed by atoms with van der Waals surface area (Å²) < 4.78 is 0. The number of anilines is 2. The van der Waals surface area contributed by atoms with Gasteiger partial charge < -0.3 is 15.8 Å². The summed E-state index contributed by atoms with van der Waals surface area (Å²) in [7, 11) is 0. The van der Waals surface area contributed by atoms with Gasteiger partial charge in [-0.15, -0.1) is 0 Å². The van der Waals surface area contributed by atoms with Gasteiger partial charge >= 0.3 is 0 Å². The molecule has 0 amide bonds. The Morgan fingerprint density at radius 3 is 2.45 bits per heavy atom. The normalized spacial score (nSPS) is 13.1. The lowest BCUT2D eigenvalue weighted by Gasteiger charge is -2.32. The molecule has 6 heteroatoms. The van der Waals surface area contributed by atoms with Gasteiger partial charge in [-0.3, -0.25) is 0 Å². The minimum atomic E-state index is 0.0213. The molecule has 0 saturated heterocycles. The minimum absolute atomic E-state index is 0.0213. The van der Waals surface area contributed by atoms with Gasteiger partial charge in [0.15, 0.2) is 0 Å². The van der Waals surface area contributed by atoms with Crippen molar-refractivity contribution < 1.29 is 5.11 Å². The average molecular weight is 281 g/mol. The Kier molecular flexibility index (Phi) is 6.16. The van der Waals surface area contributed by atoms with Crippen molar-refractivity contribution in [3.8, 4) is 0 Å². The van der Waals surface area contributed by atoms with E-state index in [1.165, 1.54) is 6.33 Å². The smallest absolute Gasteiger partial charge is 0.148 e. The second-order valence-corrected chi connectivity index (χ2v) is 6.02. The quantitative estimate of drug-likeness (QED) is 0.450. The van der Waals surface area contributed by atoms with Crippen molar-refractivity contribution in [2.75, 3.05) is 17.3 Å². The molecule has 0 aliphatic rings.